The van der Waals surface area contributed by atoms with Gasteiger partial charge in [0.25, 0.3) is 0 Å². The van der Waals surface area contributed by atoms with Crippen LogP contribution in [0, 0.1) is 12.7 Å². The van der Waals surface area contributed by atoms with E-state index in [9.17, 15) is 14.0 Å². The maximum atomic E-state index is 13.6. The molecule has 5 nitrogen and oxygen atoms in total. The molecule has 0 bridgehead atoms. The number of hydrogen-bond acceptors (Lipinski definition) is 5. The highest BCUT2D eigenvalue weighted by molar-refractivity contribution is 5.98. The van der Waals surface area contributed by atoms with Crippen LogP contribution in [-0.4, -0.2) is 26.2 Å². The fourth-order valence-corrected chi connectivity index (χ4v) is 1.31. The Morgan fingerprint density at radius 1 is 1.26 bits per heavy atom. The van der Waals surface area contributed by atoms with E-state index in [1.165, 1.54) is 19.2 Å². The molecular weight excluding hydrogens is 253 g/mol. The minimum Gasteiger partial charge on any atom is -0.466 e. The van der Waals surface area contributed by atoms with Crippen molar-refractivity contribution in [2.75, 3.05) is 19.5 Å². The Morgan fingerprint density at radius 2 is 1.95 bits per heavy atom. The van der Waals surface area contributed by atoms with E-state index in [4.69, 9.17) is 0 Å². The Bertz CT molecular complexity index is 525. The van der Waals surface area contributed by atoms with Gasteiger partial charge in [-0.05, 0) is 24.6 Å². The van der Waals surface area contributed by atoms with Crippen LogP contribution in [0.4, 0.5) is 10.1 Å². The molecule has 1 aromatic carbocycles. The van der Waals surface area contributed by atoms with Crippen LogP contribution in [0.2, 0.25) is 0 Å². The standard InChI is InChI=1S/C13H14FNO4/c1-8-4-5-9(14)10(6-8)15-11(13(17)19-3)7-12(16)18-2/h4-7,15H,1-3H3/b11-7+. The number of methoxy groups -OCH3 is 2. The molecule has 0 aliphatic carbocycles. The number of hydrogen-bond donors (Lipinski definition) is 1. The highest BCUT2D eigenvalue weighted by Gasteiger charge is 2.14. The van der Waals surface area contributed by atoms with Gasteiger partial charge in [-0.2, -0.15) is 0 Å². The molecule has 19 heavy (non-hydrogen) atoms. The molecule has 0 aromatic heterocycles. The first kappa shape index (κ1) is 14.7. The predicted molar refractivity (Wildman–Crippen MR) is 66.9 cm³/mol. The molecule has 0 saturated heterocycles. The van der Waals surface area contributed by atoms with Crippen LogP contribution in [0.5, 0.6) is 0 Å². The van der Waals surface area contributed by atoms with Crippen LogP contribution in [0.1, 0.15) is 5.56 Å². The Kier molecular flexibility index (Phi) is 5.05. The highest BCUT2D eigenvalue weighted by Crippen LogP contribution is 2.18. The van der Waals surface area contributed by atoms with Gasteiger partial charge in [0, 0.05) is 0 Å². The number of aryl methyl sites for hydroxylation is 1. The second-order valence-electron chi connectivity index (χ2n) is 3.68. The number of carbonyl (C=O) groups excluding carboxylic acids is 2. The second kappa shape index (κ2) is 6.53. The largest absolute Gasteiger partial charge is 0.466 e. The van der Waals surface area contributed by atoms with Gasteiger partial charge in [0.2, 0.25) is 0 Å². The lowest BCUT2D eigenvalue weighted by Gasteiger charge is -2.10. The molecule has 0 heterocycles. The van der Waals surface area contributed by atoms with Gasteiger partial charge in [-0.3, -0.25) is 0 Å². The molecule has 0 radical (unpaired) electrons. The van der Waals surface area contributed by atoms with Crippen molar-refractivity contribution in [1.82, 2.24) is 0 Å². The fourth-order valence-electron chi connectivity index (χ4n) is 1.31. The van der Waals surface area contributed by atoms with Crippen LogP contribution in [0.15, 0.2) is 30.0 Å². The van der Waals surface area contributed by atoms with Crippen molar-refractivity contribution >= 4 is 17.6 Å². The van der Waals surface area contributed by atoms with Gasteiger partial charge in [0.1, 0.15) is 11.5 Å². The first-order chi connectivity index (χ1) is 8.97. The molecule has 1 aromatic rings. The lowest BCUT2D eigenvalue weighted by atomic mass is 10.2. The van der Waals surface area contributed by atoms with Gasteiger partial charge in [0.15, 0.2) is 0 Å². The monoisotopic (exact) mass is 267 g/mol. The summed E-state index contributed by atoms with van der Waals surface area (Å²) in [6.07, 6.45) is 0.896. The normalized spacial score (nSPS) is 10.8. The third kappa shape index (κ3) is 4.09. The third-order valence-electron chi connectivity index (χ3n) is 2.26. The molecule has 1 N–H and O–H groups in total. The number of carbonyl (C=O) groups is 2. The van der Waals surface area contributed by atoms with Crippen molar-refractivity contribution in [3.05, 3.63) is 41.4 Å². The summed E-state index contributed by atoms with van der Waals surface area (Å²) >= 11 is 0. The lowest BCUT2D eigenvalue weighted by molar-refractivity contribution is -0.138. The van der Waals surface area contributed by atoms with E-state index in [1.54, 1.807) is 13.0 Å². The number of nitrogens with one attached hydrogen (secondary N) is 1. The number of esters is 2. The summed E-state index contributed by atoms with van der Waals surface area (Å²) in [6, 6.07) is 4.34. The first-order valence-electron chi connectivity index (χ1n) is 5.39. The number of anilines is 1. The summed E-state index contributed by atoms with van der Waals surface area (Å²) in [7, 11) is 2.32. The van der Waals surface area contributed by atoms with Crippen molar-refractivity contribution in [3.8, 4) is 0 Å². The van der Waals surface area contributed by atoms with Crippen molar-refractivity contribution < 1.29 is 23.5 Å². The molecule has 0 fully saturated rings. The Morgan fingerprint density at radius 3 is 2.53 bits per heavy atom. The van der Waals surface area contributed by atoms with E-state index in [-0.39, 0.29) is 11.4 Å². The molecule has 0 atom stereocenters. The van der Waals surface area contributed by atoms with Crippen LogP contribution in [0.25, 0.3) is 0 Å². The maximum Gasteiger partial charge on any atom is 0.354 e. The third-order valence-corrected chi connectivity index (χ3v) is 2.26. The average molecular weight is 267 g/mol. The Balaban J connectivity index is 3.07. The van der Waals surface area contributed by atoms with Gasteiger partial charge >= 0.3 is 11.9 Å². The van der Waals surface area contributed by atoms with Crippen molar-refractivity contribution in [3.63, 3.8) is 0 Å². The van der Waals surface area contributed by atoms with E-state index in [1.807, 2.05) is 0 Å². The molecule has 0 aliphatic rings. The predicted octanol–water partition coefficient (Wildman–Crippen LogP) is 1.78. The summed E-state index contributed by atoms with van der Waals surface area (Å²) < 4.78 is 22.5. The molecule has 1 rings (SSSR count). The fraction of sp³-hybridized carbons (Fsp3) is 0.231. The van der Waals surface area contributed by atoms with E-state index in [0.717, 1.165) is 18.7 Å². The van der Waals surface area contributed by atoms with Crippen LogP contribution in [-0.2, 0) is 19.1 Å². The van der Waals surface area contributed by atoms with E-state index >= 15 is 0 Å². The van der Waals surface area contributed by atoms with Crippen molar-refractivity contribution in [2.45, 2.75) is 6.92 Å². The van der Waals surface area contributed by atoms with Crippen LogP contribution >= 0.6 is 0 Å². The topological polar surface area (TPSA) is 64.6 Å². The van der Waals surface area contributed by atoms with Crippen molar-refractivity contribution in [2.24, 2.45) is 0 Å². The van der Waals surface area contributed by atoms with Gasteiger partial charge in [-0.1, -0.05) is 6.07 Å². The van der Waals surface area contributed by atoms with E-state index < -0.39 is 17.8 Å². The number of ether oxygens (including phenoxy) is 2. The number of rotatable bonds is 4. The van der Waals surface area contributed by atoms with Crippen molar-refractivity contribution in [1.29, 1.82) is 0 Å². The number of halogens is 1. The quantitative estimate of drug-likeness (QED) is 0.665. The summed E-state index contributed by atoms with van der Waals surface area (Å²) in [4.78, 5) is 22.6. The zero-order chi connectivity index (χ0) is 14.4. The maximum absolute atomic E-state index is 13.6. The summed E-state index contributed by atoms with van der Waals surface area (Å²) in [5.41, 5.74) is 0.658. The van der Waals surface area contributed by atoms with Gasteiger partial charge in [-0.15, -0.1) is 0 Å². The highest BCUT2D eigenvalue weighted by atomic mass is 19.1. The molecule has 102 valence electrons. The van der Waals surface area contributed by atoms with E-state index in [0.29, 0.717) is 0 Å². The zero-order valence-corrected chi connectivity index (χ0v) is 10.8. The molecule has 0 spiro atoms. The van der Waals surface area contributed by atoms with Crippen LogP contribution < -0.4 is 5.32 Å². The lowest BCUT2D eigenvalue weighted by Crippen LogP contribution is -2.16. The number of benzene rings is 1. The minimum atomic E-state index is -0.800. The second-order valence-corrected chi connectivity index (χ2v) is 3.68. The summed E-state index contributed by atoms with van der Waals surface area (Å²) in [5, 5.41) is 2.51. The summed E-state index contributed by atoms with van der Waals surface area (Å²) in [5.74, 6) is -2.10. The van der Waals surface area contributed by atoms with E-state index in [2.05, 4.69) is 14.8 Å². The SMILES string of the molecule is COC(=O)/C=C(/Nc1cc(C)ccc1F)C(=O)OC. The molecule has 0 amide bonds. The molecular formula is C13H14FNO4. The average Bonchev–Trinajstić information content (AvgIpc) is 2.40. The molecule has 0 unspecified atom stereocenters. The van der Waals surface area contributed by atoms with Gasteiger partial charge < -0.3 is 14.8 Å². The first-order valence-corrected chi connectivity index (χ1v) is 5.39. The zero-order valence-electron chi connectivity index (χ0n) is 10.8. The molecule has 0 aliphatic heterocycles. The summed E-state index contributed by atoms with van der Waals surface area (Å²) in [6.45, 7) is 1.77. The van der Waals surface area contributed by atoms with Crippen LogP contribution in [0.3, 0.4) is 0 Å². The van der Waals surface area contributed by atoms with Gasteiger partial charge in [-0.25, -0.2) is 14.0 Å². The Labute approximate surface area is 110 Å². The Hall–Kier alpha value is -2.37. The molecule has 0 saturated carbocycles. The van der Waals surface area contributed by atoms with Gasteiger partial charge in [0.05, 0.1) is 26.0 Å². The minimum absolute atomic E-state index is 0.0700. The molecule has 6 heteroatoms. The smallest absolute Gasteiger partial charge is 0.354 e.